The van der Waals surface area contributed by atoms with Crippen LogP contribution in [0.15, 0.2) is 42.5 Å². The molecular formula is C23H25ClN2O4. The van der Waals surface area contributed by atoms with Crippen molar-refractivity contribution < 1.29 is 19.1 Å². The van der Waals surface area contributed by atoms with Gasteiger partial charge in [-0.1, -0.05) is 18.2 Å². The average Bonchev–Trinajstić information content (AvgIpc) is 3.34. The monoisotopic (exact) mass is 428 g/mol. The van der Waals surface area contributed by atoms with Gasteiger partial charge in [0.05, 0.1) is 6.54 Å². The summed E-state index contributed by atoms with van der Waals surface area (Å²) in [6.07, 6.45) is 2.02. The van der Waals surface area contributed by atoms with Crippen LogP contribution in [0.2, 0.25) is 0 Å². The summed E-state index contributed by atoms with van der Waals surface area (Å²) in [5, 5.41) is 0. The maximum atomic E-state index is 12.7. The van der Waals surface area contributed by atoms with Gasteiger partial charge < -0.3 is 14.4 Å². The lowest BCUT2D eigenvalue weighted by Gasteiger charge is -2.33. The number of carbonyl (C=O) groups is 2. The molecule has 3 aliphatic rings. The minimum Gasteiger partial charge on any atom is -0.454 e. The second-order valence-corrected chi connectivity index (χ2v) is 8.05. The van der Waals surface area contributed by atoms with E-state index < -0.39 is 0 Å². The largest absolute Gasteiger partial charge is 0.454 e. The van der Waals surface area contributed by atoms with E-state index in [9.17, 15) is 9.59 Å². The number of carbonyl (C=O) groups excluding carboxylic acids is 2. The summed E-state index contributed by atoms with van der Waals surface area (Å²) >= 11 is 0. The molecule has 3 heterocycles. The molecule has 7 heteroatoms. The van der Waals surface area contributed by atoms with Gasteiger partial charge in [-0.2, -0.15) is 0 Å². The normalized spacial score (nSPS) is 18.3. The molecule has 0 aromatic heterocycles. The molecule has 0 N–H and O–H groups in total. The Kier molecular flexibility index (Phi) is 5.97. The maximum absolute atomic E-state index is 12.7. The van der Waals surface area contributed by atoms with Crippen LogP contribution in [0.5, 0.6) is 11.5 Å². The molecule has 0 saturated carbocycles. The Balaban J connectivity index is 0.00000218. The van der Waals surface area contributed by atoms with Crippen LogP contribution >= 0.6 is 12.4 Å². The topological polar surface area (TPSA) is 59.1 Å². The second kappa shape index (κ2) is 8.66. The number of hydrogen-bond donors (Lipinski definition) is 0. The van der Waals surface area contributed by atoms with Crippen LogP contribution in [0.3, 0.4) is 0 Å². The Morgan fingerprint density at radius 3 is 2.60 bits per heavy atom. The highest BCUT2D eigenvalue weighted by Gasteiger charge is 2.30. The van der Waals surface area contributed by atoms with Gasteiger partial charge in [0.2, 0.25) is 6.79 Å². The van der Waals surface area contributed by atoms with Gasteiger partial charge in [-0.15, -0.1) is 12.4 Å². The predicted molar refractivity (Wildman–Crippen MR) is 114 cm³/mol. The third-order valence-electron chi connectivity index (χ3n) is 6.14. The predicted octanol–water partition coefficient (Wildman–Crippen LogP) is 3.39. The molecule has 158 valence electrons. The standard InChI is InChI=1S/C23H24N2O4.ClH/c26-20(17-5-6-21-22(11-17)29-15-28-21)14-24-9-7-16(8-10-24)12-25-13-18-3-1-2-4-19(18)23(25)27;/h1-6,11,16H,7-10,12-15H2;1H. The fraction of sp³-hybridized carbons (Fsp3) is 0.391. The van der Waals surface area contributed by atoms with Gasteiger partial charge in [0.15, 0.2) is 17.3 Å². The van der Waals surface area contributed by atoms with Crippen LogP contribution in [0.4, 0.5) is 0 Å². The number of benzene rings is 2. The van der Waals surface area contributed by atoms with Gasteiger partial charge in [-0.25, -0.2) is 0 Å². The summed E-state index contributed by atoms with van der Waals surface area (Å²) in [5.74, 6) is 2.09. The van der Waals surface area contributed by atoms with E-state index in [0.29, 0.717) is 29.5 Å². The highest BCUT2D eigenvalue weighted by Crippen LogP contribution is 2.33. The van der Waals surface area contributed by atoms with Crippen LogP contribution < -0.4 is 9.47 Å². The first-order valence-electron chi connectivity index (χ1n) is 10.2. The lowest BCUT2D eigenvalue weighted by Crippen LogP contribution is -2.40. The first-order valence-corrected chi connectivity index (χ1v) is 10.2. The molecular weight excluding hydrogens is 404 g/mol. The Morgan fingerprint density at radius 2 is 1.80 bits per heavy atom. The minimum absolute atomic E-state index is 0. The minimum atomic E-state index is 0. The van der Waals surface area contributed by atoms with Gasteiger partial charge >= 0.3 is 0 Å². The lowest BCUT2D eigenvalue weighted by atomic mass is 9.95. The van der Waals surface area contributed by atoms with Gasteiger partial charge in [-0.05, 0) is 61.7 Å². The molecule has 0 spiro atoms. The number of fused-ring (bicyclic) bond motifs is 2. The fourth-order valence-corrected chi connectivity index (χ4v) is 4.47. The molecule has 6 nitrogen and oxygen atoms in total. The molecule has 5 rings (SSSR count). The van der Waals surface area contributed by atoms with E-state index in [-0.39, 0.29) is 30.9 Å². The first kappa shape index (κ1) is 20.7. The van der Waals surface area contributed by atoms with E-state index in [4.69, 9.17) is 9.47 Å². The van der Waals surface area contributed by atoms with Crippen LogP contribution in [0.1, 0.15) is 39.1 Å². The summed E-state index contributed by atoms with van der Waals surface area (Å²) in [6.45, 7) is 3.92. The zero-order valence-corrected chi connectivity index (χ0v) is 17.5. The highest BCUT2D eigenvalue weighted by molar-refractivity contribution is 5.98. The van der Waals surface area contributed by atoms with Gasteiger partial charge in [0, 0.05) is 24.2 Å². The van der Waals surface area contributed by atoms with Crippen molar-refractivity contribution >= 4 is 24.1 Å². The number of ether oxygens (including phenoxy) is 2. The van der Waals surface area contributed by atoms with E-state index in [1.54, 1.807) is 18.2 Å². The summed E-state index contributed by atoms with van der Waals surface area (Å²) in [4.78, 5) is 29.4. The van der Waals surface area contributed by atoms with Crippen molar-refractivity contribution in [3.8, 4) is 11.5 Å². The molecule has 1 fully saturated rings. The average molecular weight is 429 g/mol. The third-order valence-corrected chi connectivity index (χ3v) is 6.14. The molecule has 1 saturated heterocycles. The van der Waals surface area contributed by atoms with Gasteiger partial charge in [0.25, 0.3) is 5.91 Å². The Labute approximate surface area is 182 Å². The number of piperidine rings is 1. The molecule has 0 radical (unpaired) electrons. The number of nitrogens with zero attached hydrogens (tertiary/aromatic N) is 2. The molecule has 2 aromatic rings. The molecule has 1 amide bonds. The van der Waals surface area contributed by atoms with Gasteiger partial charge in [-0.3, -0.25) is 14.5 Å². The summed E-state index contributed by atoms with van der Waals surface area (Å²) in [7, 11) is 0. The number of Topliss-reactive ketones (excluding diaryl/α,β-unsaturated/α-hetero) is 1. The summed E-state index contributed by atoms with van der Waals surface area (Å²) in [6, 6.07) is 13.3. The molecule has 0 atom stereocenters. The molecule has 0 aliphatic carbocycles. The number of amides is 1. The summed E-state index contributed by atoms with van der Waals surface area (Å²) in [5.41, 5.74) is 2.64. The molecule has 30 heavy (non-hydrogen) atoms. The van der Waals surface area contributed by atoms with Crippen molar-refractivity contribution in [2.24, 2.45) is 5.92 Å². The number of likely N-dealkylation sites (tertiary alicyclic amines) is 1. The second-order valence-electron chi connectivity index (χ2n) is 8.05. The molecule has 0 bridgehead atoms. The van der Waals surface area contributed by atoms with E-state index in [0.717, 1.165) is 50.1 Å². The zero-order chi connectivity index (χ0) is 19.8. The SMILES string of the molecule is Cl.O=C(CN1CCC(CN2Cc3ccccc3C2=O)CC1)c1ccc2c(c1)OCO2. The summed E-state index contributed by atoms with van der Waals surface area (Å²) < 4.78 is 10.7. The zero-order valence-electron chi connectivity index (χ0n) is 16.7. The van der Waals surface area contributed by atoms with E-state index in [2.05, 4.69) is 4.90 Å². The molecule has 0 unspecified atom stereocenters. The quantitative estimate of drug-likeness (QED) is 0.683. The van der Waals surface area contributed by atoms with Crippen molar-refractivity contribution in [2.75, 3.05) is 33.0 Å². The van der Waals surface area contributed by atoms with Crippen molar-refractivity contribution in [3.05, 3.63) is 59.2 Å². The number of halogens is 1. The number of rotatable bonds is 5. The Morgan fingerprint density at radius 1 is 1.03 bits per heavy atom. The van der Waals surface area contributed by atoms with E-state index in [1.807, 2.05) is 29.2 Å². The first-order chi connectivity index (χ1) is 14.2. The number of hydrogen-bond acceptors (Lipinski definition) is 5. The van der Waals surface area contributed by atoms with E-state index >= 15 is 0 Å². The van der Waals surface area contributed by atoms with Crippen molar-refractivity contribution in [1.82, 2.24) is 9.80 Å². The fourth-order valence-electron chi connectivity index (χ4n) is 4.47. The maximum Gasteiger partial charge on any atom is 0.254 e. The Hall–Kier alpha value is -2.57. The lowest BCUT2D eigenvalue weighted by molar-refractivity contribution is 0.0707. The Bertz CT molecular complexity index is 956. The van der Waals surface area contributed by atoms with Crippen molar-refractivity contribution in [2.45, 2.75) is 19.4 Å². The number of ketones is 1. The van der Waals surface area contributed by atoms with Crippen LogP contribution in [0, 0.1) is 5.92 Å². The van der Waals surface area contributed by atoms with E-state index in [1.165, 1.54) is 0 Å². The van der Waals surface area contributed by atoms with Crippen LogP contribution in [0.25, 0.3) is 0 Å². The highest BCUT2D eigenvalue weighted by atomic mass is 35.5. The molecule has 3 aliphatic heterocycles. The van der Waals surface area contributed by atoms with Crippen molar-refractivity contribution in [1.29, 1.82) is 0 Å². The third kappa shape index (κ3) is 4.02. The van der Waals surface area contributed by atoms with Gasteiger partial charge in [0.1, 0.15) is 0 Å². The smallest absolute Gasteiger partial charge is 0.254 e. The van der Waals surface area contributed by atoms with Crippen molar-refractivity contribution in [3.63, 3.8) is 0 Å². The van der Waals surface area contributed by atoms with Crippen LogP contribution in [-0.2, 0) is 6.54 Å². The van der Waals surface area contributed by atoms with Crippen LogP contribution in [-0.4, -0.2) is 54.5 Å². The molecule has 2 aromatic carbocycles.